The summed E-state index contributed by atoms with van der Waals surface area (Å²) in [7, 11) is 0. The molecule has 9 heteroatoms. The molecule has 0 unspecified atom stereocenters. The molecule has 1 N–H and O–H groups in total. The van der Waals surface area contributed by atoms with E-state index in [1.807, 2.05) is 29.2 Å². The van der Waals surface area contributed by atoms with Crippen molar-refractivity contribution in [3.63, 3.8) is 0 Å². The van der Waals surface area contributed by atoms with Gasteiger partial charge >= 0.3 is 5.97 Å². The first-order valence-electron chi connectivity index (χ1n) is 17.1. The van der Waals surface area contributed by atoms with Crippen LogP contribution < -0.4 is 19.3 Å². The van der Waals surface area contributed by atoms with Gasteiger partial charge in [-0.2, -0.15) is 0 Å². The number of aromatic carboxylic acids is 1. The van der Waals surface area contributed by atoms with Gasteiger partial charge in [-0.25, -0.2) is 4.79 Å². The smallest absolute Gasteiger partial charge is 0.335 e. The first-order chi connectivity index (χ1) is 23.1. The number of amides is 1. The van der Waals surface area contributed by atoms with E-state index in [0.29, 0.717) is 56.6 Å². The Morgan fingerprint density at radius 2 is 1.77 bits per heavy atom. The Kier molecular flexibility index (Phi) is 8.01. The van der Waals surface area contributed by atoms with Gasteiger partial charge < -0.3 is 33.7 Å². The highest BCUT2D eigenvalue weighted by molar-refractivity contribution is 5.99. The number of carboxylic acid groups (broad SMARTS) is 1. The fourth-order valence-electron chi connectivity index (χ4n) is 8.09. The Balaban J connectivity index is 1.19. The lowest BCUT2D eigenvalue weighted by atomic mass is 9.81. The molecule has 1 amide bonds. The van der Waals surface area contributed by atoms with E-state index < -0.39 is 5.97 Å². The van der Waals surface area contributed by atoms with Gasteiger partial charge in [0.2, 0.25) is 5.91 Å². The van der Waals surface area contributed by atoms with Gasteiger partial charge in [0.25, 0.3) is 0 Å². The van der Waals surface area contributed by atoms with Crippen LogP contribution in [0.15, 0.2) is 54.6 Å². The van der Waals surface area contributed by atoms with E-state index in [1.54, 1.807) is 6.07 Å². The number of anilines is 2. The molecule has 2 saturated heterocycles. The normalized spacial score (nSPS) is 18.5. The molecule has 8 rings (SSSR count). The number of hydrogen-bond donors (Lipinski definition) is 1. The Bertz CT molecular complexity index is 1830. The molecule has 4 aliphatic rings. The number of morpholine rings is 1. The maximum absolute atomic E-state index is 12.6. The molecular formula is C38H41N3O6. The van der Waals surface area contributed by atoms with Crippen LogP contribution in [-0.2, 0) is 22.7 Å². The summed E-state index contributed by atoms with van der Waals surface area (Å²) < 4.78 is 21.1. The van der Waals surface area contributed by atoms with Crippen molar-refractivity contribution in [1.82, 2.24) is 4.57 Å². The van der Waals surface area contributed by atoms with Crippen LogP contribution in [-0.4, -0.2) is 61.0 Å². The van der Waals surface area contributed by atoms with Crippen LogP contribution in [0.3, 0.4) is 0 Å². The van der Waals surface area contributed by atoms with Crippen molar-refractivity contribution in [3.8, 4) is 22.8 Å². The molecule has 244 valence electrons. The van der Waals surface area contributed by atoms with Crippen molar-refractivity contribution < 1.29 is 28.9 Å². The van der Waals surface area contributed by atoms with Crippen LogP contribution in [0, 0.1) is 0 Å². The molecule has 0 atom stereocenters. The molecule has 3 aliphatic heterocycles. The molecule has 4 heterocycles. The summed E-state index contributed by atoms with van der Waals surface area (Å²) in [4.78, 5) is 28.8. The zero-order valence-electron chi connectivity index (χ0n) is 26.7. The number of hydrogen-bond acceptors (Lipinski definition) is 6. The average Bonchev–Trinajstić information content (AvgIpc) is 3.62. The minimum atomic E-state index is -0.919. The third-order valence-electron chi connectivity index (χ3n) is 10.3. The Hall–Kier alpha value is -4.50. The van der Waals surface area contributed by atoms with Gasteiger partial charge in [0.1, 0.15) is 13.2 Å². The van der Waals surface area contributed by atoms with Gasteiger partial charge in [-0.15, -0.1) is 0 Å². The fraction of sp³-hybridized carbons (Fsp3) is 0.421. The SMILES string of the molecule is O=C(O)c1ccc2c(C3CCCCC3)c3n(c2c1)CCOc1c(OCc2cc(N4CCCC4=O)ccc2N2CCOCC2)cccc1-3. The number of aromatic nitrogens is 1. The molecule has 0 spiro atoms. The molecule has 9 nitrogen and oxygen atoms in total. The molecular weight excluding hydrogens is 594 g/mol. The Morgan fingerprint density at radius 3 is 2.55 bits per heavy atom. The molecule has 1 aromatic heterocycles. The number of carbonyl (C=O) groups is 2. The second-order valence-corrected chi connectivity index (χ2v) is 13.1. The molecule has 4 aromatic rings. The summed E-state index contributed by atoms with van der Waals surface area (Å²) in [6, 6.07) is 18.0. The van der Waals surface area contributed by atoms with Crippen molar-refractivity contribution in [1.29, 1.82) is 0 Å². The number of carbonyl (C=O) groups excluding carboxylic acids is 1. The van der Waals surface area contributed by atoms with Gasteiger partial charge in [0.15, 0.2) is 11.5 Å². The van der Waals surface area contributed by atoms with Crippen molar-refractivity contribution in [2.75, 3.05) is 49.3 Å². The lowest BCUT2D eigenvalue weighted by Crippen LogP contribution is -2.37. The highest BCUT2D eigenvalue weighted by Crippen LogP contribution is 2.49. The first-order valence-corrected chi connectivity index (χ1v) is 17.1. The van der Waals surface area contributed by atoms with E-state index in [1.165, 1.54) is 24.8 Å². The quantitative estimate of drug-likeness (QED) is 0.234. The van der Waals surface area contributed by atoms with Crippen LogP contribution in [0.1, 0.15) is 72.3 Å². The highest BCUT2D eigenvalue weighted by Gasteiger charge is 2.31. The van der Waals surface area contributed by atoms with Gasteiger partial charge in [-0.05, 0) is 73.2 Å². The van der Waals surface area contributed by atoms with E-state index in [9.17, 15) is 14.7 Å². The summed E-state index contributed by atoms with van der Waals surface area (Å²) in [6.45, 7) is 5.08. The molecule has 3 fully saturated rings. The van der Waals surface area contributed by atoms with Gasteiger partial charge in [-0.3, -0.25) is 4.79 Å². The van der Waals surface area contributed by atoms with Crippen LogP contribution in [0.25, 0.3) is 22.2 Å². The third kappa shape index (κ3) is 5.50. The summed E-state index contributed by atoms with van der Waals surface area (Å²) in [5.41, 5.74) is 7.69. The summed E-state index contributed by atoms with van der Waals surface area (Å²) in [6.07, 6.45) is 7.36. The number of nitrogens with zero attached hydrogens (tertiary/aromatic N) is 3. The van der Waals surface area contributed by atoms with Crippen molar-refractivity contribution >= 4 is 34.2 Å². The second kappa shape index (κ2) is 12.6. The van der Waals surface area contributed by atoms with Gasteiger partial charge in [0, 0.05) is 59.5 Å². The van der Waals surface area contributed by atoms with Crippen molar-refractivity contribution in [2.45, 2.75) is 64.0 Å². The molecule has 0 radical (unpaired) electrons. The van der Waals surface area contributed by atoms with E-state index >= 15 is 0 Å². The Morgan fingerprint density at radius 1 is 0.915 bits per heavy atom. The fourth-order valence-corrected chi connectivity index (χ4v) is 8.09. The van der Waals surface area contributed by atoms with Crippen LogP contribution in [0.2, 0.25) is 0 Å². The lowest BCUT2D eigenvalue weighted by molar-refractivity contribution is -0.117. The van der Waals surface area contributed by atoms with Crippen molar-refractivity contribution in [2.24, 2.45) is 0 Å². The van der Waals surface area contributed by atoms with Gasteiger partial charge in [0.05, 0.1) is 31.0 Å². The number of carboxylic acids is 1. The maximum atomic E-state index is 12.6. The summed E-state index contributed by atoms with van der Waals surface area (Å²) in [5, 5.41) is 11.0. The lowest BCUT2D eigenvalue weighted by Gasteiger charge is -2.31. The third-order valence-corrected chi connectivity index (χ3v) is 10.3. The summed E-state index contributed by atoms with van der Waals surface area (Å²) in [5.74, 6) is 1.05. The predicted molar refractivity (Wildman–Crippen MR) is 181 cm³/mol. The van der Waals surface area contributed by atoms with Crippen LogP contribution in [0.5, 0.6) is 11.5 Å². The first kappa shape index (κ1) is 29.9. The minimum Gasteiger partial charge on any atom is -0.487 e. The zero-order chi connectivity index (χ0) is 31.9. The number of para-hydroxylation sites is 1. The predicted octanol–water partition coefficient (Wildman–Crippen LogP) is 6.99. The summed E-state index contributed by atoms with van der Waals surface area (Å²) >= 11 is 0. The maximum Gasteiger partial charge on any atom is 0.335 e. The number of ether oxygens (including phenoxy) is 3. The average molecular weight is 636 g/mol. The molecule has 1 aliphatic carbocycles. The molecule has 0 bridgehead atoms. The Labute approximate surface area is 274 Å². The zero-order valence-corrected chi connectivity index (χ0v) is 26.7. The van der Waals surface area contributed by atoms with E-state index in [0.717, 1.165) is 83.7 Å². The number of rotatable bonds is 7. The number of fused-ring (bicyclic) bond motifs is 5. The highest BCUT2D eigenvalue weighted by atomic mass is 16.5. The number of benzene rings is 3. The van der Waals surface area contributed by atoms with Crippen LogP contribution in [0.4, 0.5) is 11.4 Å². The topological polar surface area (TPSA) is 93.5 Å². The second-order valence-electron chi connectivity index (χ2n) is 13.1. The van der Waals surface area contributed by atoms with E-state index in [-0.39, 0.29) is 5.91 Å². The van der Waals surface area contributed by atoms with Gasteiger partial charge in [-0.1, -0.05) is 31.4 Å². The molecule has 47 heavy (non-hydrogen) atoms. The minimum absolute atomic E-state index is 0.164. The van der Waals surface area contributed by atoms with E-state index in [4.69, 9.17) is 14.2 Å². The standard InChI is InChI=1S/C38H41N3O6/c42-34-10-5-15-40(34)28-12-14-31(39-16-19-45-20-17-39)27(22-28)24-47-33-9-4-8-30-36-35(25-6-2-1-3-7-25)29-13-11-26(38(43)44)23-32(29)41(36)18-21-46-37(30)33/h4,8-9,11-14,22-23,25H,1-3,5-7,10,15-21,24H2,(H,43,44). The monoisotopic (exact) mass is 635 g/mol. The van der Waals surface area contributed by atoms with E-state index in [2.05, 4.69) is 33.7 Å². The largest absolute Gasteiger partial charge is 0.487 e. The molecule has 3 aromatic carbocycles. The molecule has 1 saturated carbocycles. The van der Waals surface area contributed by atoms with Crippen LogP contribution >= 0.6 is 0 Å². The van der Waals surface area contributed by atoms with Crippen molar-refractivity contribution in [3.05, 3.63) is 71.3 Å².